The molecule has 0 atom stereocenters. The molecule has 0 aliphatic heterocycles. The van der Waals surface area contributed by atoms with Crippen LogP contribution in [0.5, 0.6) is 0 Å². The van der Waals surface area contributed by atoms with Crippen LogP contribution in [0.25, 0.3) is 0 Å². The van der Waals surface area contributed by atoms with Crippen molar-refractivity contribution in [3.63, 3.8) is 0 Å². The summed E-state index contributed by atoms with van der Waals surface area (Å²) in [4.78, 5) is 21.7. The fourth-order valence-electron chi connectivity index (χ4n) is 0.680. The number of methoxy groups -OCH3 is 1. The number of hydrogen-bond donors (Lipinski definition) is 1. The summed E-state index contributed by atoms with van der Waals surface area (Å²) in [6.07, 6.45) is 2.20. The van der Waals surface area contributed by atoms with Crippen LogP contribution >= 0.6 is 0 Å². The Morgan fingerprint density at radius 3 is 2.40 bits per heavy atom. The van der Waals surface area contributed by atoms with Gasteiger partial charge in [-0.1, -0.05) is 6.08 Å². The molecular formula is C10H17NO4. The second-order valence-electron chi connectivity index (χ2n) is 3.81. The smallest absolute Gasteiger partial charge is 0.407 e. The molecule has 0 saturated heterocycles. The molecule has 5 nitrogen and oxygen atoms in total. The molecule has 0 rings (SSSR count). The first-order chi connectivity index (χ1) is 6.85. The monoisotopic (exact) mass is 215 g/mol. The molecule has 0 heterocycles. The Hall–Kier alpha value is -1.52. The Kier molecular flexibility index (Phi) is 5.44. The molecule has 0 bridgehead atoms. The largest absolute Gasteiger partial charge is 0.466 e. The number of alkyl carbamates (subject to hydrolysis) is 1. The molecule has 0 aromatic rings. The maximum absolute atomic E-state index is 11.1. The van der Waals surface area contributed by atoms with Gasteiger partial charge in [-0.05, 0) is 20.8 Å². The van der Waals surface area contributed by atoms with Crippen LogP contribution in [0.15, 0.2) is 12.2 Å². The minimum absolute atomic E-state index is 0.226. The number of carbonyl (C=O) groups is 2. The molecular weight excluding hydrogens is 198 g/mol. The molecule has 15 heavy (non-hydrogen) atoms. The normalized spacial score (nSPS) is 11.2. The van der Waals surface area contributed by atoms with Gasteiger partial charge in [-0.15, -0.1) is 0 Å². The molecule has 0 aromatic heterocycles. The molecule has 86 valence electrons. The minimum atomic E-state index is -0.518. The van der Waals surface area contributed by atoms with Crippen molar-refractivity contribution in [3.05, 3.63) is 12.2 Å². The van der Waals surface area contributed by atoms with E-state index in [2.05, 4.69) is 10.1 Å². The Bertz CT molecular complexity index is 253. The summed E-state index contributed by atoms with van der Waals surface area (Å²) in [6.45, 7) is 5.55. The molecule has 0 aliphatic rings. The number of amides is 1. The second kappa shape index (κ2) is 6.06. The van der Waals surface area contributed by atoms with Crippen LogP contribution in [0.3, 0.4) is 0 Å². The van der Waals surface area contributed by atoms with Crippen LogP contribution < -0.4 is 5.32 Å². The van der Waals surface area contributed by atoms with Gasteiger partial charge in [-0.25, -0.2) is 9.59 Å². The van der Waals surface area contributed by atoms with Crippen LogP contribution in [0.1, 0.15) is 20.8 Å². The zero-order valence-corrected chi connectivity index (χ0v) is 9.49. The third-order valence-corrected chi connectivity index (χ3v) is 1.22. The molecule has 1 N–H and O–H groups in total. The Balaban J connectivity index is 3.74. The lowest BCUT2D eigenvalue weighted by Gasteiger charge is -2.19. The van der Waals surface area contributed by atoms with Crippen molar-refractivity contribution in [2.45, 2.75) is 26.4 Å². The Morgan fingerprint density at radius 1 is 1.33 bits per heavy atom. The second-order valence-corrected chi connectivity index (χ2v) is 3.81. The number of rotatable bonds is 3. The summed E-state index contributed by atoms with van der Waals surface area (Å²) < 4.78 is 9.34. The van der Waals surface area contributed by atoms with Crippen molar-refractivity contribution < 1.29 is 19.1 Å². The topological polar surface area (TPSA) is 64.6 Å². The lowest BCUT2D eigenvalue weighted by atomic mass is 10.2. The Morgan fingerprint density at radius 2 is 1.93 bits per heavy atom. The zero-order valence-electron chi connectivity index (χ0n) is 9.49. The van der Waals surface area contributed by atoms with E-state index in [0.717, 1.165) is 0 Å². The van der Waals surface area contributed by atoms with E-state index in [4.69, 9.17) is 4.74 Å². The van der Waals surface area contributed by atoms with Crippen molar-refractivity contribution in [1.29, 1.82) is 0 Å². The van der Waals surface area contributed by atoms with Gasteiger partial charge >= 0.3 is 12.1 Å². The molecule has 0 unspecified atom stereocenters. The van der Waals surface area contributed by atoms with Crippen LogP contribution in [-0.2, 0) is 14.3 Å². The zero-order chi connectivity index (χ0) is 11.9. The highest BCUT2D eigenvalue weighted by atomic mass is 16.6. The quantitative estimate of drug-likeness (QED) is 0.568. The molecule has 0 radical (unpaired) electrons. The molecule has 5 heteroatoms. The number of ether oxygens (including phenoxy) is 2. The van der Waals surface area contributed by atoms with Gasteiger partial charge in [0, 0.05) is 12.6 Å². The van der Waals surface area contributed by atoms with Crippen LogP contribution in [0, 0.1) is 0 Å². The number of esters is 1. The van der Waals surface area contributed by atoms with E-state index >= 15 is 0 Å². The maximum Gasteiger partial charge on any atom is 0.407 e. The first kappa shape index (κ1) is 13.5. The third kappa shape index (κ3) is 8.80. The minimum Gasteiger partial charge on any atom is -0.466 e. The van der Waals surface area contributed by atoms with E-state index in [9.17, 15) is 9.59 Å². The molecule has 0 aromatic carbocycles. The molecule has 0 fully saturated rings. The fraction of sp³-hybridized carbons (Fsp3) is 0.600. The molecule has 1 amide bonds. The fourth-order valence-corrected chi connectivity index (χ4v) is 0.680. The highest BCUT2D eigenvalue weighted by Gasteiger charge is 2.14. The van der Waals surface area contributed by atoms with E-state index in [1.54, 1.807) is 20.8 Å². The van der Waals surface area contributed by atoms with Gasteiger partial charge in [0.15, 0.2) is 0 Å². The lowest BCUT2D eigenvalue weighted by Crippen LogP contribution is -2.32. The van der Waals surface area contributed by atoms with Crippen LogP contribution in [0.2, 0.25) is 0 Å². The first-order valence-electron chi connectivity index (χ1n) is 4.56. The molecule has 0 saturated carbocycles. The summed E-state index contributed by atoms with van der Waals surface area (Å²) in [7, 11) is 1.29. The lowest BCUT2D eigenvalue weighted by molar-refractivity contribution is -0.134. The summed E-state index contributed by atoms with van der Waals surface area (Å²) in [5.74, 6) is -0.457. The van der Waals surface area contributed by atoms with E-state index < -0.39 is 17.7 Å². The van der Waals surface area contributed by atoms with E-state index in [1.807, 2.05) is 0 Å². The highest BCUT2D eigenvalue weighted by molar-refractivity contribution is 5.81. The average Bonchev–Trinajstić information content (AvgIpc) is 2.09. The summed E-state index contributed by atoms with van der Waals surface area (Å²) in [6, 6.07) is 0. The van der Waals surface area contributed by atoms with Gasteiger partial charge in [0.1, 0.15) is 5.60 Å². The highest BCUT2D eigenvalue weighted by Crippen LogP contribution is 2.05. The van der Waals surface area contributed by atoms with E-state index in [-0.39, 0.29) is 6.54 Å². The van der Waals surface area contributed by atoms with Gasteiger partial charge in [0.05, 0.1) is 7.11 Å². The van der Waals surface area contributed by atoms with Crippen molar-refractivity contribution in [3.8, 4) is 0 Å². The van der Waals surface area contributed by atoms with Gasteiger partial charge in [0.2, 0.25) is 0 Å². The number of nitrogens with one attached hydrogen (secondary N) is 1. The van der Waals surface area contributed by atoms with Crippen molar-refractivity contribution in [1.82, 2.24) is 5.32 Å². The Labute approximate surface area is 89.4 Å². The van der Waals surface area contributed by atoms with Crippen LogP contribution in [0.4, 0.5) is 4.79 Å². The predicted molar refractivity (Wildman–Crippen MR) is 55.4 cm³/mol. The van der Waals surface area contributed by atoms with Gasteiger partial charge in [0.25, 0.3) is 0 Å². The van der Waals surface area contributed by atoms with E-state index in [0.29, 0.717) is 0 Å². The summed E-state index contributed by atoms with van der Waals surface area (Å²) in [5, 5.41) is 2.46. The maximum atomic E-state index is 11.1. The number of carbonyl (C=O) groups excluding carboxylic acids is 2. The standard InChI is InChI=1S/C10H17NO4/c1-10(2,3)15-9(13)11-7-5-6-8(12)14-4/h5-6H,7H2,1-4H3,(H,11,13)/b6-5-. The van der Waals surface area contributed by atoms with E-state index in [1.165, 1.54) is 19.3 Å². The van der Waals surface area contributed by atoms with Crippen molar-refractivity contribution >= 4 is 12.1 Å². The average molecular weight is 215 g/mol. The first-order valence-corrected chi connectivity index (χ1v) is 4.56. The predicted octanol–water partition coefficient (Wildman–Crippen LogP) is 1.24. The number of hydrogen-bond acceptors (Lipinski definition) is 4. The van der Waals surface area contributed by atoms with Gasteiger partial charge in [-0.2, -0.15) is 0 Å². The third-order valence-electron chi connectivity index (χ3n) is 1.22. The van der Waals surface area contributed by atoms with Crippen molar-refractivity contribution in [2.24, 2.45) is 0 Å². The van der Waals surface area contributed by atoms with Gasteiger partial charge in [-0.3, -0.25) is 0 Å². The van der Waals surface area contributed by atoms with Gasteiger partial charge < -0.3 is 14.8 Å². The summed E-state index contributed by atoms with van der Waals surface area (Å²) in [5.41, 5.74) is -0.518. The molecule has 0 spiro atoms. The summed E-state index contributed by atoms with van der Waals surface area (Å²) >= 11 is 0. The SMILES string of the molecule is COC(=O)/C=C\CNC(=O)OC(C)(C)C. The molecule has 0 aliphatic carbocycles. The van der Waals surface area contributed by atoms with Crippen molar-refractivity contribution in [2.75, 3.05) is 13.7 Å². The van der Waals surface area contributed by atoms with Crippen LogP contribution in [-0.4, -0.2) is 31.3 Å².